The Morgan fingerprint density at radius 2 is 1.86 bits per heavy atom. The molecule has 1 unspecified atom stereocenters. The SMILES string of the molecule is CCC(CC)N(C)C(C)(CN)C1CC1. The summed E-state index contributed by atoms with van der Waals surface area (Å²) in [5.41, 5.74) is 6.20. The van der Waals surface area contributed by atoms with Crippen LogP contribution in [0.2, 0.25) is 0 Å². The molecule has 2 N–H and O–H groups in total. The summed E-state index contributed by atoms with van der Waals surface area (Å²) in [5.74, 6) is 0.845. The third-order valence-corrected chi connectivity index (χ3v) is 4.17. The first-order valence-electron chi connectivity index (χ1n) is 6.03. The maximum atomic E-state index is 5.95. The van der Waals surface area contributed by atoms with Crippen LogP contribution < -0.4 is 5.73 Å². The van der Waals surface area contributed by atoms with Gasteiger partial charge in [0.1, 0.15) is 0 Å². The zero-order chi connectivity index (χ0) is 10.8. The highest BCUT2D eigenvalue weighted by atomic mass is 15.2. The molecule has 0 spiro atoms. The molecule has 14 heavy (non-hydrogen) atoms. The summed E-state index contributed by atoms with van der Waals surface area (Å²) in [5, 5.41) is 0. The largest absolute Gasteiger partial charge is 0.329 e. The summed E-state index contributed by atoms with van der Waals surface area (Å²) in [4.78, 5) is 2.53. The topological polar surface area (TPSA) is 29.3 Å². The van der Waals surface area contributed by atoms with Crippen LogP contribution in [0.4, 0.5) is 0 Å². The van der Waals surface area contributed by atoms with E-state index in [0.717, 1.165) is 12.5 Å². The van der Waals surface area contributed by atoms with Gasteiger partial charge in [0, 0.05) is 18.1 Å². The lowest BCUT2D eigenvalue weighted by Gasteiger charge is -2.43. The first-order valence-corrected chi connectivity index (χ1v) is 6.03. The summed E-state index contributed by atoms with van der Waals surface area (Å²) < 4.78 is 0. The third kappa shape index (κ3) is 2.12. The molecule has 1 saturated carbocycles. The molecule has 0 bridgehead atoms. The summed E-state index contributed by atoms with van der Waals surface area (Å²) in [6, 6.07) is 0.698. The van der Waals surface area contributed by atoms with Gasteiger partial charge in [-0.25, -0.2) is 0 Å². The van der Waals surface area contributed by atoms with Crippen LogP contribution in [-0.2, 0) is 0 Å². The molecule has 0 heterocycles. The fourth-order valence-corrected chi connectivity index (χ4v) is 2.56. The molecular weight excluding hydrogens is 172 g/mol. The summed E-state index contributed by atoms with van der Waals surface area (Å²) in [7, 11) is 2.25. The van der Waals surface area contributed by atoms with E-state index in [0.29, 0.717) is 6.04 Å². The van der Waals surface area contributed by atoms with Crippen molar-refractivity contribution >= 4 is 0 Å². The molecule has 0 aromatic rings. The highest BCUT2D eigenvalue weighted by Gasteiger charge is 2.44. The molecule has 1 rings (SSSR count). The Balaban J connectivity index is 2.66. The van der Waals surface area contributed by atoms with Crippen molar-refractivity contribution in [1.29, 1.82) is 0 Å². The number of hydrogen-bond acceptors (Lipinski definition) is 2. The van der Waals surface area contributed by atoms with Crippen LogP contribution in [0.25, 0.3) is 0 Å². The van der Waals surface area contributed by atoms with E-state index in [1.54, 1.807) is 0 Å². The lowest BCUT2D eigenvalue weighted by Crippen LogP contribution is -2.55. The average Bonchev–Trinajstić information content (AvgIpc) is 3.02. The lowest BCUT2D eigenvalue weighted by atomic mass is 9.91. The number of hydrogen-bond donors (Lipinski definition) is 1. The maximum Gasteiger partial charge on any atom is 0.0331 e. The van der Waals surface area contributed by atoms with Crippen molar-refractivity contribution in [1.82, 2.24) is 4.90 Å². The Hall–Kier alpha value is -0.0800. The number of nitrogens with zero attached hydrogens (tertiary/aromatic N) is 1. The zero-order valence-electron chi connectivity index (χ0n) is 10.2. The van der Waals surface area contributed by atoms with Gasteiger partial charge in [0.15, 0.2) is 0 Å². The molecule has 1 fully saturated rings. The van der Waals surface area contributed by atoms with Gasteiger partial charge in [-0.1, -0.05) is 13.8 Å². The molecule has 84 valence electrons. The van der Waals surface area contributed by atoms with Crippen LogP contribution in [-0.4, -0.2) is 30.1 Å². The standard InChI is InChI=1S/C12H26N2/c1-5-11(6-2)14(4)12(3,9-13)10-7-8-10/h10-11H,5-9,13H2,1-4H3. The van der Waals surface area contributed by atoms with Crippen LogP contribution in [0.3, 0.4) is 0 Å². The first-order chi connectivity index (χ1) is 6.60. The Morgan fingerprint density at radius 3 is 2.14 bits per heavy atom. The van der Waals surface area contributed by atoms with Gasteiger partial charge in [-0.15, -0.1) is 0 Å². The van der Waals surface area contributed by atoms with Crippen LogP contribution in [0.1, 0.15) is 46.5 Å². The molecule has 2 heteroatoms. The Bertz CT molecular complexity index is 173. The van der Waals surface area contributed by atoms with Gasteiger partial charge < -0.3 is 5.73 Å². The summed E-state index contributed by atoms with van der Waals surface area (Å²) >= 11 is 0. The minimum absolute atomic E-state index is 0.247. The fourth-order valence-electron chi connectivity index (χ4n) is 2.56. The molecule has 1 aliphatic rings. The molecule has 1 atom stereocenters. The third-order valence-electron chi connectivity index (χ3n) is 4.17. The number of likely N-dealkylation sites (N-methyl/N-ethyl adjacent to an activating group) is 1. The normalized spacial score (nSPS) is 21.6. The highest BCUT2D eigenvalue weighted by Crippen LogP contribution is 2.43. The van der Waals surface area contributed by atoms with Gasteiger partial charge in [-0.05, 0) is 45.6 Å². The van der Waals surface area contributed by atoms with E-state index >= 15 is 0 Å². The molecule has 0 aromatic carbocycles. The quantitative estimate of drug-likeness (QED) is 0.709. The number of rotatable bonds is 6. The van der Waals surface area contributed by atoms with Crippen molar-refractivity contribution in [3.63, 3.8) is 0 Å². The van der Waals surface area contributed by atoms with E-state index in [2.05, 4.69) is 32.7 Å². The Kier molecular flexibility index (Phi) is 3.96. The monoisotopic (exact) mass is 198 g/mol. The summed E-state index contributed by atoms with van der Waals surface area (Å²) in [6.45, 7) is 7.68. The van der Waals surface area contributed by atoms with E-state index < -0.39 is 0 Å². The fraction of sp³-hybridized carbons (Fsp3) is 1.00. The van der Waals surface area contributed by atoms with Gasteiger partial charge in [0.25, 0.3) is 0 Å². The second kappa shape index (κ2) is 4.63. The van der Waals surface area contributed by atoms with E-state index in [1.165, 1.54) is 25.7 Å². The van der Waals surface area contributed by atoms with Crippen molar-refractivity contribution in [2.45, 2.75) is 58.0 Å². The molecule has 1 aliphatic carbocycles. The lowest BCUT2D eigenvalue weighted by molar-refractivity contribution is 0.0682. The van der Waals surface area contributed by atoms with Crippen molar-refractivity contribution in [2.75, 3.05) is 13.6 Å². The van der Waals surface area contributed by atoms with Crippen molar-refractivity contribution < 1.29 is 0 Å². The van der Waals surface area contributed by atoms with Gasteiger partial charge in [-0.2, -0.15) is 0 Å². The highest BCUT2D eigenvalue weighted by molar-refractivity contribution is 5.00. The Labute approximate surface area is 88.8 Å². The van der Waals surface area contributed by atoms with Crippen LogP contribution in [0.15, 0.2) is 0 Å². The maximum absolute atomic E-state index is 5.95. The molecule has 0 aliphatic heterocycles. The van der Waals surface area contributed by atoms with E-state index in [-0.39, 0.29) is 5.54 Å². The van der Waals surface area contributed by atoms with Gasteiger partial charge in [0.05, 0.1) is 0 Å². The van der Waals surface area contributed by atoms with E-state index in [1.807, 2.05) is 0 Å². The minimum atomic E-state index is 0.247. The van der Waals surface area contributed by atoms with Crippen molar-refractivity contribution in [2.24, 2.45) is 11.7 Å². The molecule has 0 aromatic heterocycles. The predicted molar refractivity (Wildman–Crippen MR) is 62.3 cm³/mol. The van der Waals surface area contributed by atoms with Crippen molar-refractivity contribution in [3.05, 3.63) is 0 Å². The molecular formula is C12H26N2. The van der Waals surface area contributed by atoms with Gasteiger partial charge in [0.2, 0.25) is 0 Å². The van der Waals surface area contributed by atoms with Gasteiger partial charge >= 0.3 is 0 Å². The second-order valence-corrected chi connectivity index (χ2v) is 4.92. The van der Waals surface area contributed by atoms with Gasteiger partial charge in [-0.3, -0.25) is 4.90 Å². The molecule has 0 amide bonds. The van der Waals surface area contributed by atoms with Crippen LogP contribution in [0, 0.1) is 5.92 Å². The molecule has 2 nitrogen and oxygen atoms in total. The second-order valence-electron chi connectivity index (χ2n) is 4.92. The van der Waals surface area contributed by atoms with Crippen LogP contribution >= 0.6 is 0 Å². The Morgan fingerprint density at radius 1 is 1.36 bits per heavy atom. The van der Waals surface area contributed by atoms with Crippen LogP contribution in [0.5, 0.6) is 0 Å². The average molecular weight is 198 g/mol. The minimum Gasteiger partial charge on any atom is -0.329 e. The van der Waals surface area contributed by atoms with E-state index in [4.69, 9.17) is 5.73 Å². The molecule has 0 saturated heterocycles. The van der Waals surface area contributed by atoms with E-state index in [9.17, 15) is 0 Å². The number of nitrogens with two attached hydrogens (primary N) is 1. The molecule has 0 radical (unpaired) electrons. The first kappa shape index (κ1) is 12.0. The van der Waals surface area contributed by atoms with Crippen molar-refractivity contribution in [3.8, 4) is 0 Å². The predicted octanol–water partition coefficient (Wildman–Crippen LogP) is 2.23. The summed E-state index contributed by atoms with van der Waals surface area (Å²) in [6.07, 6.45) is 5.21. The zero-order valence-corrected chi connectivity index (χ0v) is 10.2. The smallest absolute Gasteiger partial charge is 0.0331 e.